The molecular formula is C16H24N2O. The lowest BCUT2D eigenvalue weighted by Gasteiger charge is -2.29. The van der Waals surface area contributed by atoms with Gasteiger partial charge in [-0.15, -0.1) is 0 Å². The molecule has 1 N–H and O–H groups in total. The minimum Gasteiger partial charge on any atom is -0.322 e. The maximum absolute atomic E-state index is 12.0. The standard InChI is InChI=1S/C16H24N2O/c1-12-7-5-6-8-13(12)15-17-11-14(19)18(15)10-9-16(2,3)4/h5-8,15,17H,9-11H2,1-4H3. The van der Waals surface area contributed by atoms with E-state index >= 15 is 0 Å². The lowest BCUT2D eigenvalue weighted by molar-refractivity contribution is -0.128. The zero-order valence-corrected chi connectivity index (χ0v) is 12.4. The molecule has 1 aliphatic heterocycles. The molecule has 104 valence electrons. The first-order valence-electron chi connectivity index (χ1n) is 6.97. The van der Waals surface area contributed by atoms with Crippen LogP contribution in [0.5, 0.6) is 0 Å². The monoisotopic (exact) mass is 260 g/mol. The topological polar surface area (TPSA) is 32.3 Å². The van der Waals surface area contributed by atoms with Crippen LogP contribution in [-0.2, 0) is 4.79 Å². The van der Waals surface area contributed by atoms with Crippen LogP contribution in [0, 0.1) is 12.3 Å². The summed E-state index contributed by atoms with van der Waals surface area (Å²) < 4.78 is 0. The largest absolute Gasteiger partial charge is 0.322 e. The molecule has 0 saturated carbocycles. The molecule has 0 radical (unpaired) electrons. The molecule has 1 amide bonds. The van der Waals surface area contributed by atoms with Crippen LogP contribution in [-0.4, -0.2) is 23.9 Å². The third kappa shape index (κ3) is 3.35. The zero-order valence-electron chi connectivity index (χ0n) is 12.4. The fraction of sp³-hybridized carbons (Fsp3) is 0.562. The highest BCUT2D eigenvalue weighted by molar-refractivity contribution is 5.81. The Hall–Kier alpha value is -1.35. The number of nitrogens with one attached hydrogen (secondary N) is 1. The van der Waals surface area contributed by atoms with Gasteiger partial charge in [0.15, 0.2) is 0 Å². The molecular weight excluding hydrogens is 236 g/mol. The second-order valence-electron chi connectivity index (χ2n) is 6.54. The molecule has 1 aliphatic rings. The van der Waals surface area contributed by atoms with E-state index in [-0.39, 0.29) is 17.5 Å². The Morgan fingerprint density at radius 2 is 2.00 bits per heavy atom. The number of hydrogen-bond donors (Lipinski definition) is 1. The van der Waals surface area contributed by atoms with Gasteiger partial charge >= 0.3 is 0 Å². The molecule has 0 spiro atoms. The van der Waals surface area contributed by atoms with Gasteiger partial charge in [-0.05, 0) is 29.9 Å². The maximum Gasteiger partial charge on any atom is 0.238 e. The highest BCUT2D eigenvalue weighted by Gasteiger charge is 2.32. The van der Waals surface area contributed by atoms with Gasteiger partial charge in [0.25, 0.3) is 0 Å². The quantitative estimate of drug-likeness (QED) is 0.906. The number of carbonyl (C=O) groups is 1. The summed E-state index contributed by atoms with van der Waals surface area (Å²) in [5, 5.41) is 3.33. The minimum absolute atomic E-state index is 0.0380. The molecule has 2 rings (SSSR count). The van der Waals surface area contributed by atoms with Crippen molar-refractivity contribution in [1.82, 2.24) is 10.2 Å². The van der Waals surface area contributed by atoms with E-state index in [0.717, 1.165) is 13.0 Å². The number of rotatable bonds is 3. The fourth-order valence-corrected chi connectivity index (χ4v) is 2.42. The average Bonchev–Trinajstić information content (AvgIpc) is 2.68. The predicted molar refractivity (Wildman–Crippen MR) is 77.7 cm³/mol. The molecule has 1 aromatic carbocycles. The zero-order chi connectivity index (χ0) is 14.0. The van der Waals surface area contributed by atoms with E-state index in [0.29, 0.717) is 6.54 Å². The minimum atomic E-state index is 0.0380. The van der Waals surface area contributed by atoms with Gasteiger partial charge in [-0.2, -0.15) is 0 Å². The number of benzene rings is 1. The summed E-state index contributed by atoms with van der Waals surface area (Å²) >= 11 is 0. The van der Waals surface area contributed by atoms with Gasteiger partial charge < -0.3 is 4.90 Å². The van der Waals surface area contributed by atoms with Crippen molar-refractivity contribution in [3.63, 3.8) is 0 Å². The van der Waals surface area contributed by atoms with Gasteiger partial charge in [0, 0.05) is 6.54 Å². The van der Waals surface area contributed by atoms with Crippen LogP contribution in [0.3, 0.4) is 0 Å². The van der Waals surface area contributed by atoms with Crippen molar-refractivity contribution in [2.45, 2.75) is 40.3 Å². The van der Waals surface area contributed by atoms with Crippen molar-refractivity contribution >= 4 is 5.91 Å². The molecule has 1 aromatic rings. The molecule has 19 heavy (non-hydrogen) atoms. The summed E-state index contributed by atoms with van der Waals surface area (Å²) in [6.45, 7) is 10.00. The Morgan fingerprint density at radius 3 is 2.63 bits per heavy atom. The Bertz CT molecular complexity index is 462. The molecule has 0 aliphatic carbocycles. The van der Waals surface area contributed by atoms with E-state index in [9.17, 15) is 4.79 Å². The van der Waals surface area contributed by atoms with Crippen molar-refractivity contribution in [3.05, 3.63) is 35.4 Å². The summed E-state index contributed by atoms with van der Waals surface area (Å²) in [5.41, 5.74) is 2.69. The van der Waals surface area contributed by atoms with Gasteiger partial charge in [0.1, 0.15) is 6.17 Å². The fourth-order valence-electron chi connectivity index (χ4n) is 2.42. The molecule has 0 bridgehead atoms. The number of amides is 1. The van der Waals surface area contributed by atoms with E-state index in [1.807, 2.05) is 17.0 Å². The second-order valence-corrected chi connectivity index (χ2v) is 6.54. The van der Waals surface area contributed by atoms with Crippen LogP contribution in [0.25, 0.3) is 0 Å². The molecule has 1 fully saturated rings. The van der Waals surface area contributed by atoms with Gasteiger partial charge in [-0.1, -0.05) is 45.0 Å². The first-order valence-corrected chi connectivity index (χ1v) is 6.97. The van der Waals surface area contributed by atoms with Crippen molar-refractivity contribution in [3.8, 4) is 0 Å². The third-order valence-corrected chi connectivity index (χ3v) is 3.66. The van der Waals surface area contributed by atoms with Crippen LogP contribution in [0.4, 0.5) is 0 Å². The Balaban J connectivity index is 2.16. The van der Waals surface area contributed by atoms with E-state index in [2.05, 4.69) is 45.1 Å². The Kier molecular flexibility index (Phi) is 3.95. The molecule has 3 heteroatoms. The van der Waals surface area contributed by atoms with Crippen molar-refractivity contribution in [1.29, 1.82) is 0 Å². The maximum atomic E-state index is 12.0. The smallest absolute Gasteiger partial charge is 0.238 e. The molecule has 1 saturated heterocycles. The molecule has 1 heterocycles. The molecule has 1 atom stereocenters. The Labute approximate surface area is 116 Å². The first-order chi connectivity index (χ1) is 8.88. The van der Waals surface area contributed by atoms with Crippen molar-refractivity contribution in [2.24, 2.45) is 5.41 Å². The van der Waals surface area contributed by atoms with Crippen molar-refractivity contribution in [2.75, 3.05) is 13.1 Å². The van der Waals surface area contributed by atoms with Crippen LogP contribution in [0.2, 0.25) is 0 Å². The van der Waals surface area contributed by atoms with Gasteiger partial charge in [-0.25, -0.2) is 0 Å². The SMILES string of the molecule is Cc1ccccc1C1NCC(=O)N1CCC(C)(C)C. The van der Waals surface area contributed by atoms with Gasteiger partial charge in [0.2, 0.25) is 5.91 Å². The number of carbonyl (C=O) groups excluding carboxylic acids is 1. The van der Waals surface area contributed by atoms with E-state index in [1.54, 1.807) is 0 Å². The number of nitrogens with zero attached hydrogens (tertiary/aromatic N) is 1. The lowest BCUT2D eigenvalue weighted by Crippen LogP contribution is -2.33. The van der Waals surface area contributed by atoms with E-state index in [4.69, 9.17) is 0 Å². The molecule has 1 unspecified atom stereocenters. The normalized spacial score (nSPS) is 20.1. The first kappa shape index (κ1) is 14.1. The van der Waals surface area contributed by atoms with Crippen molar-refractivity contribution < 1.29 is 4.79 Å². The number of hydrogen-bond acceptors (Lipinski definition) is 2. The molecule has 0 aromatic heterocycles. The van der Waals surface area contributed by atoms with Crippen LogP contribution < -0.4 is 5.32 Å². The summed E-state index contributed by atoms with van der Waals surface area (Å²) in [4.78, 5) is 14.0. The van der Waals surface area contributed by atoms with Gasteiger partial charge in [-0.3, -0.25) is 10.1 Å². The summed E-state index contributed by atoms with van der Waals surface area (Å²) in [6, 6.07) is 8.28. The Morgan fingerprint density at radius 1 is 1.32 bits per heavy atom. The second kappa shape index (κ2) is 5.33. The third-order valence-electron chi connectivity index (χ3n) is 3.66. The highest BCUT2D eigenvalue weighted by Crippen LogP contribution is 2.27. The van der Waals surface area contributed by atoms with E-state index < -0.39 is 0 Å². The van der Waals surface area contributed by atoms with Crippen LogP contribution >= 0.6 is 0 Å². The van der Waals surface area contributed by atoms with Gasteiger partial charge in [0.05, 0.1) is 6.54 Å². The van der Waals surface area contributed by atoms with Crippen LogP contribution in [0.15, 0.2) is 24.3 Å². The van der Waals surface area contributed by atoms with Crippen LogP contribution in [0.1, 0.15) is 44.5 Å². The summed E-state index contributed by atoms with van der Waals surface area (Å²) in [6.07, 6.45) is 1.05. The average molecular weight is 260 g/mol. The number of aryl methyl sites for hydroxylation is 1. The summed E-state index contributed by atoms with van der Waals surface area (Å²) in [7, 11) is 0. The van der Waals surface area contributed by atoms with E-state index in [1.165, 1.54) is 11.1 Å². The predicted octanol–water partition coefficient (Wildman–Crippen LogP) is 2.86. The molecule has 3 nitrogen and oxygen atoms in total. The highest BCUT2D eigenvalue weighted by atomic mass is 16.2. The summed E-state index contributed by atoms with van der Waals surface area (Å²) in [5.74, 6) is 0.206. The lowest BCUT2D eigenvalue weighted by atomic mass is 9.92.